The molecule has 0 aromatic heterocycles. The van der Waals surface area contributed by atoms with E-state index in [-0.39, 0.29) is 0 Å². The van der Waals surface area contributed by atoms with Gasteiger partial charge >= 0.3 is 0 Å². The monoisotopic (exact) mass is 241 g/mol. The summed E-state index contributed by atoms with van der Waals surface area (Å²) in [4.78, 5) is 2.35. The number of nitrogens with zero attached hydrogens (tertiary/aromatic N) is 1. The summed E-state index contributed by atoms with van der Waals surface area (Å²) >= 11 is 0. The zero-order valence-electron chi connectivity index (χ0n) is 12.0. The van der Waals surface area contributed by atoms with Crippen LogP contribution in [0.25, 0.3) is 0 Å². The lowest BCUT2D eigenvalue weighted by molar-refractivity contribution is 0.330. The number of hydrogen-bond acceptors (Lipinski definition) is 3. The van der Waals surface area contributed by atoms with Crippen LogP contribution in [0.15, 0.2) is 0 Å². The van der Waals surface area contributed by atoms with Gasteiger partial charge in [0, 0.05) is 25.2 Å². The molecule has 0 aliphatic carbocycles. The van der Waals surface area contributed by atoms with Crippen LogP contribution in [0, 0.1) is 0 Å². The molecule has 1 aliphatic heterocycles. The molecule has 0 spiro atoms. The predicted octanol–water partition coefficient (Wildman–Crippen LogP) is 1.84. The van der Waals surface area contributed by atoms with Crippen molar-refractivity contribution >= 4 is 0 Å². The standard InChI is InChI=1S/C14H31N3/c1-4-17(3)11-10-15-13(2)12-14-8-6-5-7-9-16-14/h13-16H,4-12H2,1-3H3. The molecular formula is C14H31N3. The van der Waals surface area contributed by atoms with Crippen molar-refractivity contribution in [2.45, 2.75) is 58.0 Å². The fourth-order valence-corrected chi connectivity index (χ4v) is 2.47. The summed E-state index contributed by atoms with van der Waals surface area (Å²) in [6, 6.07) is 1.37. The Hall–Kier alpha value is -0.120. The first-order chi connectivity index (χ1) is 8.22. The van der Waals surface area contributed by atoms with E-state index in [0.717, 1.165) is 25.7 Å². The molecule has 0 aromatic rings. The van der Waals surface area contributed by atoms with Gasteiger partial charge in [0.1, 0.15) is 0 Å². The molecule has 2 unspecified atom stereocenters. The summed E-state index contributed by atoms with van der Waals surface area (Å²) < 4.78 is 0. The maximum absolute atomic E-state index is 3.67. The third-order valence-corrected chi connectivity index (χ3v) is 3.83. The number of likely N-dealkylation sites (N-methyl/N-ethyl adjacent to an activating group) is 1. The van der Waals surface area contributed by atoms with E-state index in [1.54, 1.807) is 0 Å². The second-order valence-corrected chi connectivity index (χ2v) is 5.49. The Morgan fingerprint density at radius 3 is 2.94 bits per heavy atom. The molecule has 1 rings (SSSR count). The summed E-state index contributed by atoms with van der Waals surface area (Å²) in [5.41, 5.74) is 0. The van der Waals surface area contributed by atoms with Gasteiger partial charge in [0.2, 0.25) is 0 Å². The van der Waals surface area contributed by atoms with E-state index in [4.69, 9.17) is 0 Å². The van der Waals surface area contributed by atoms with Crippen LogP contribution in [0.1, 0.15) is 46.0 Å². The quantitative estimate of drug-likeness (QED) is 0.712. The van der Waals surface area contributed by atoms with Gasteiger partial charge in [-0.05, 0) is 46.3 Å². The molecule has 1 aliphatic rings. The van der Waals surface area contributed by atoms with E-state index in [1.807, 2.05) is 0 Å². The third kappa shape index (κ3) is 7.02. The van der Waals surface area contributed by atoms with Crippen LogP contribution in [0.2, 0.25) is 0 Å². The lowest BCUT2D eigenvalue weighted by atomic mass is 10.0. The summed E-state index contributed by atoms with van der Waals surface area (Å²) in [6.07, 6.45) is 6.81. The smallest absolute Gasteiger partial charge is 0.0104 e. The van der Waals surface area contributed by atoms with Gasteiger partial charge in [-0.25, -0.2) is 0 Å². The van der Waals surface area contributed by atoms with Crippen LogP contribution < -0.4 is 10.6 Å². The molecule has 0 aromatic carbocycles. The van der Waals surface area contributed by atoms with E-state index >= 15 is 0 Å². The highest BCUT2D eigenvalue weighted by atomic mass is 15.1. The number of nitrogens with one attached hydrogen (secondary N) is 2. The van der Waals surface area contributed by atoms with E-state index in [0.29, 0.717) is 6.04 Å². The van der Waals surface area contributed by atoms with Crippen molar-refractivity contribution in [1.29, 1.82) is 0 Å². The summed E-state index contributed by atoms with van der Waals surface area (Å²) in [5.74, 6) is 0. The molecule has 102 valence electrons. The molecule has 1 saturated heterocycles. The SMILES string of the molecule is CCN(C)CCNC(C)CC1CCCCCN1. The summed E-state index contributed by atoms with van der Waals surface area (Å²) in [6.45, 7) is 9.14. The highest BCUT2D eigenvalue weighted by Crippen LogP contribution is 2.12. The van der Waals surface area contributed by atoms with Crippen LogP contribution in [0.4, 0.5) is 0 Å². The zero-order chi connectivity index (χ0) is 12.5. The van der Waals surface area contributed by atoms with Crippen LogP contribution in [-0.2, 0) is 0 Å². The summed E-state index contributed by atoms with van der Waals surface area (Å²) in [7, 11) is 2.18. The van der Waals surface area contributed by atoms with Gasteiger partial charge in [-0.15, -0.1) is 0 Å². The molecule has 2 N–H and O–H groups in total. The normalized spacial score (nSPS) is 23.6. The number of rotatable bonds is 7. The van der Waals surface area contributed by atoms with Gasteiger partial charge in [-0.3, -0.25) is 0 Å². The van der Waals surface area contributed by atoms with Crippen molar-refractivity contribution in [3.05, 3.63) is 0 Å². The molecule has 0 amide bonds. The van der Waals surface area contributed by atoms with Crippen molar-refractivity contribution in [3.63, 3.8) is 0 Å². The molecular weight excluding hydrogens is 210 g/mol. The van der Waals surface area contributed by atoms with Crippen LogP contribution in [-0.4, -0.2) is 50.2 Å². The maximum atomic E-state index is 3.67. The van der Waals surface area contributed by atoms with Gasteiger partial charge in [-0.1, -0.05) is 19.8 Å². The van der Waals surface area contributed by atoms with Gasteiger partial charge in [-0.2, -0.15) is 0 Å². The molecule has 1 fully saturated rings. The lowest BCUT2D eigenvalue weighted by Crippen LogP contribution is -2.39. The van der Waals surface area contributed by atoms with Crippen LogP contribution >= 0.6 is 0 Å². The second kappa shape index (κ2) is 8.90. The van der Waals surface area contributed by atoms with E-state index in [9.17, 15) is 0 Å². The summed E-state index contributed by atoms with van der Waals surface area (Å²) in [5, 5.41) is 7.31. The van der Waals surface area contributed by atoms with Crippen molar-refractivity contribution in [2.75, 3.05) is 33.2 Å². The molecule has 17 heavy (non-hydrogen) atoms. The first-order valence-electron chi connectivity index (χ1n) is 7.37. The molecule has 3 heteroatoms. The fraction of sp³-hybridized carbons (Fsp3) is 1.00. The van der Waals surface area contributed by atoms with Gasteiger partial charge < -0.3 is 15.5 Å². The minimum Gasteiger partial charge on any atom is -0.314 e. The first kappa shape index (κ1) is 14.9. The topological polar surface area (TPSA) is 27.3 Å². The Kier molecular flexibility index (Phi) is 7.82. The Balaban J connectivity index is 2.08. The van der Waals surface area contributed by atoms with Gasteiger partial charge in [0.15, 0.2) is 0 Å². The minimum absolute atomic E-state index is 0.635. The van der Waals surface area contributed by atoms with E-state index in [1.165, 1.54) is 38.6 Å². The van der Waals surface area contributed by atoms with Crippen molar-refractivity contribution in [2.24, 2.45) is 0 Å². The average Bonchev–Trinajstić information content (AvgIpc) is 2.57. The van der Waals surface area contributed by atoms with Gasteiger partial charge in [0.05, 0.1) is 0 Å². The lowest BCUT2D eigenvalue weighted by Gasteiger charge is -2.22. The largest absolute Gasteiger partial charge is 0.314 e. The Bertz CT molecular complexity index is 176. The highest BCUT2D eigenvalue weighted by Gasteiger charge is 2.14. The predicted molar refractivity (Wildman–Crippen MR) is 75.5 cm³/mol. The van der Waals surface area contributed by atoms with Crippen molar-refractivity contribution < 1.29 is 0 Å². The molecule has 3 nitrogen and oxygen atoms in total. The Labute approximate surface area is 107 Å². The second-order valence-electron chi connectivity index (χ2n) is 5.49. The molecule has 0 bridgehead atoms. The highest BCUT2D eigenvalue weighted by molar-refractivity contribution is 4.76. The van der Waals surface area contributed by atoms with Crippen molar-refractivity contribution in [1.82, 2.24) is 15.5 Å². The fourth-order valence-electron chi connectivity index (χ4n) is 2.47. The maximum Gasteiger partial charge on any atom is 0.0104 e. The minimum atomic E-state index is 0.635. The molecule has 0 saturated carbocycles. The first-order valence-corrected chi connectivity index (χ1v) is 7.37. The molecule has 1 heterocycles. The number of hydrogen-bond donors (Lipinski definition) is 2. The van der Waals surface area contributed by atoms with Crippen LogP contribution in [0.5, 0.6) is 0 Å². The van der Waals surface area contributed by atoms with Crippen molar-refractivity contribution in [3.8, 4) is 0 Å². The average molecular weight is 241 g/mol. The van der Waals surface area contributed by atoms with Gasteiger partial charge in [0.25, 0.3) is 0 Å². The zero-order valence-corrected chi connectivity index (χ0v) is 12.0. The molecule has 2 atom stereocenters. The van der Waals surface area contributed by atoms with Crippen LogP contribution in [0.3, 0.4) is 0 Å². The Morgan fingerprint density at radius 2 is 2.18 bits per heavy atom. The molecule has 0 radical (unpaired) electrons. The van der Waals surface area contributed by atoms with E-state index < -0.39 is 0 Å². The van der Waals surface area contributed by atoms with E-state index in [2.05, 4.69) is 36.4 Å². The third-order valence-electron chi connectivity index (χ3n) is 3.83. The Morgan fingerprint density at radius 1 is 1.35 bits per heavy atom.